The molecule has 1 aromatic carbocycles. The standard InChI is InChI=1S/C19H20N4OS.2ClH/c24-18(23-19-20-11-12-25-19)16-15(13-7-3-1-4-8-13)21-17(22-16)14-9-5-2-6-10-14;;/h2,5-6,9-13H,1,3-4,7-8H2,(H,21,22)(H,20,23,24);2*1H. The fraction of sp³-hybridized carbons (Fsp3) is 0.316. The number of anilines is 1. The van der Waals surface area contributed by atoms with E-state index in [0.29, 0.717) is 16.7 Å². The van der Waals surface area contributed by atoms with Crippen molar-refractivity contribution in [1.82, 2.24) is 15.0 Å². The molecular weight excluding hydrogens is 403 g/mol. The van der Waals surface area contributed by atoms with Gasteiger partial charge in [-0.1, -0.05) is 49.6 Å². The van der Waals surface area contributed by atoms with Gasteiger partial charge in [-0.15, -0.1) is 36.2 Å². The lowest BCUT2D eigenvalue weighted by Gasteiger charge is -2.21. The average molecular weight is 425 g/mol. The number of carbonyl (C=O) groups is 1. The van der Waals surface area contributed by atoms with Gasteiger partial charge >= 0.3 is 0 Å². The first-order valence-corrected chi connectivity index (χ1v) is 9.55. The van der Waals surface area contributed by atoms with Crippen molar-refractivity contribution in [2.75, 3.05) is 5.32 Å². The molecular formula is C19H22Cl2N4OS. The summed E-state index contributed by atoms with van der Waals surface area (Å²) in [6.07, 6.45) is 7.58. The summed E-state index contributed by atoms with van der Waals surface area (Å²) in [6, 6.07) is 9.95. The van der Waals surface area contributed by atoms with Crippen molar-refractivity contribution in [3.63, 3.8) is 0 Å². The summed E-state index contributed by atoms with van der Waals surface area (Å²) in [5, 5.41) is 5.31. The van der Waals surface area contributed by atoms with Gasteiger partial charge in [0.2, 0.25) is 0 Å². The number of thiazole rings is 1. The predicted octanol–water partition coefficient (Wildman–Crippen LogP) is 5.68. The first kappa shape index (κ1) is 21.4. The number of nitrogens with one attached hydrogen (secondary N) is 2. The Morgan fingerprint density at radius 2 is 1.85 bits per heavy atom. The van der Waals surface area contributed by atoms with Gasteiger partial charge in [0.1, 0.15) is 5.82 Å². The first-order valence-electron chi connectivity index (χ1n) is 8.67. The Labute approximate surface area is 174 Å². The van der Waals surface area contributed by atoms with Crippen molar-refractivity contribution < 1.29 is 4.79 Å². The number of H-pyrrole nitrogens is 1. The predicted molar refractivity (Wildman–Crippen MR) is 114 cm³/mol. The topological polar surface area (TPSA) is 70.7 Å². The zero-order valence-electron chi connectivity index (χ0n) is 14.7. The second-order valence-corrected chi connectivity index (χ2v) is 7.23. The summed E-state index contributed by atoms with van der Waals surface area (Å²) in [7, 11) is 0. The summed E-state index contributed by atoms with van der Waals surface area (Å²) in [5.74, 6) is 0.940. The molecule has 4 rings (SSSR count). The number of hydrogen-bond donors (Lipinski definition) is 2. The minimum atomic E-state index is -0.186. The van der Waals surface area contributed by atoms with Gasteiger partial charge in [0.25, 0.3) is 5.91 Å². The number of rotatable bonds is 4. The van der Waals surface area contributed by atoms with E-state index in [1.165, 1.54) is 30.6 Å². The second-order valence-electron chi connectivity index (χ2n) is 6.34. The van der Waals surface area contributed by atoms with E-state index in [4.69, 9.17) is 0 Å². The van der Waals surface area contributed by atoms with Gasteiger partial charge < -0.3 is 4.98 Å². The van der Waals surface area contributed by atoms with Crippen LogP contribution >= 0.6 is 36.2 Å². The van der Waals surface area contributed by atoms with E-state index < -0.39 is 0 Å². The maximum atomic E-state index is 12.8. The van der Waals surface area contributed by atoms with E-state index in [-0.39, 0.29) is 30.7 Å². The quantitative estimate of drug-likeness (QED) is 0.565. The number of amides is 1. The van der Waals surface area contributed by atoms with E-state index in [9.17, 15) is 4.79 Å². The molecule has 0 radical (unpaired) electrons. The SMILES string of the molecule is Cl.Cl.O=C(Nc1nccs1)c1nc(-c2ccccc2)[nH]c1C1CCCCC1. The van der Waals surface area contributed by atoms with Crippen LogP contribution in [-0.4, -0.2) is 20.9 Å². The fourth-order valence-electron chi connectivity index (χ4n) is 3.42. The zero-order chi connectivity index (χ0) is 17.1. The molecule has 1 aliphatic rings. The van der Waals surface area contributed by atoms with Crippen molar-refractivity contribution in [2.45, 2.75) is 38.0 Å². The monoisotopic (exact) mass is 424 g/mol. The molecule has 0 unspecified atom stereocenters. The highest BCUT2D eigenvalue weighted by atomic mass is 35.5. The number of hydrogen-bond acceptors (Lipinski definition) is 4. The molecule has 1 saturated carbocycles. The van der Waals surface area contributed by atoms with Crippen LogP contribution in [-0.2, 0) is 0 Å². The van der Waals surface area contributed by atoms with Crippen molar-refractivity contribution in [3.8, 4) is 11.4 Å². The molecule has 0 aliphatic heterocycles. The Bertz CT molecular complexity index is 846. The normalized spacial score (nSPS) is 14.1. The lowest BCUT2D eigenvalue weighted by molar-refractivity contribution is 0.102. The summed E-state index contributed by atoms with van der Waals surface area (Å²) in [5.41, 5.74) is 2.46. The van der Waals surface area contributed by atoms with Crippen LogP contribution < -0.4 is 5.32 Å². The van der Waals surface area contributed by atoms with Crippen molar-refractivity contribution >= 4 is 47.2 Å². The lowest BCUT2D eigenvalue weighted by atomic mass is 9.86. The van der Waals surface area contributed by atoms with Gasteiger partial charge in [-0.25, -0.2) is 9.97 Å². The summed E-state index contributed by atoms with van der Waals surface area (Å²) in [6.45, 7) is 0. The van der Waals surface area contributed by atoms with Crippen LogP contribution in [0.5, 0.6) is 0 Å². The molecule has 8 heteroatoms. The highest BCUT2D eigenvalue weighted by molar-refractivity contribution is 7.13. The number of nitrogens with zero attached hydrogens (tertiary/aromatic N) is 2. The molecule has 2 aromatic heterocycles. The zero-order valence-corrected chi connectivity index (χ0v) is 17.1. The van der Waals surface area contributed by atoms with E-state index >= 15 is 0 Å². The van der Waals surface area contributed by atoms with E-state index in [0.717, 1.165) is 29.9 Å². The molecule has 0 atom stereocenters. The number of aromatic nitrogens is 3. The Hall–Kier alpha value is -1.89. The third-order valence-corrected chi connectivity index (χ3v) is 5.35. The van der Waals surface area contributed by atoms with Crippen molar-refractivity contribution in [3.05, 3.63) is 53.3 Å². The van der Waals surface area contributed by atoms with Crippen LogP contribution in [0.3, 0.4) is 0 Å². The lowest BCUT2D eigenvalue weighted by Crippen LogP contribution is -2.17. The summed E-state index contributed by atoms with van der Waals surface area (Å²) >= 11 is 1.41. The van der Waals surface area contributed by atoms with Gasteiger partial charge in [0.15, 0.2) is 10.8 Å². The minimum Gasteiger partial charge on any atom is -0.341 e. The third-order valence-electron chi connectivity index (χ3n) is 4.66. The van der Waals surface area contributed by atoms with Crippen LogP contribution in [0, 0.1) is 0 Å². The molecule has 144 valence electrons. The molecule has 2 heterocycles. The summed E-state index contributed by atoms with van der Waals surface area (Å²) in [4.78, 5) is 25.0. The van der Waals surface area contributed by atoms with Gasteiger partial charge in [0.05, 0.1) is 5.69 Å². The number of benzene rings is 1. The van der Waals surface area contributed by atoms with Crippen LogP contribution in [0.25, 0.3) is 11.4 Å². The maximum absolute atomic E-state index is 12.8. The second kappa shape index (κ2) is 9.88. The highest BCUT2D eigenvalue weighted by Crippen LogP contribution is 2.35. The average Bonchev–Trinajstić information content (AvgIpc) is 3.33. The molecule has 1 aliphatic carbocycles. The smallest absolute Gasteiger partial charge is 0.277 e. The summed E-state index contributed by atoms with van der Waals surface area (Å²) < 4.78 is 0. The van der Waals surface area contributed by atoms with Gasteiger partial charge in [0, 0.05) is 23.1 Å². The van der Waals surface area contributed by atoms with Crippen LogP contribution in [0.2, 0.25) is 0 Å². The largest absolute Gasteiger partial charge is 0.341 e. The molecule has 5 nitrogen and oxygen atoms in total. The van der Waals surface area contributed by atoms with Gasteiger partial charge in [-0.3, -0.25) is 10.1 Å². The Morgan fingerprint density at radius 3 is 2.52 bits per heavy atom. The first-order chi connectivity index (χ1) is 12.3. The van der Waals surface area contributed by atoms with Crippen LogP contribution in [0.15, 0.2) is 41.9 Å². The number of carbonyl (C=O) groups excluding carboxylic acids is 1. The van der Waals surface area contributed by atoms with Crippen LogP contribution in [0.4, 0.5) is 5.13 Å². The molecule has 1 amide bonds. The third kappa shape index (κ3) is 4.89. The molecule has 3 aromatic rings. The molecule has 2 N–H and O–H groups in total. The molecule has 27 heavy (non-hydrogen) atoms. The Morgan fingerprint density at radius 1 is 1.11 bits per heavy atom. The molecule has 0 spiro atoms. The van der Waals surface area contributed by atoms with Crippen molar-refractivity contribution in [2.24, 2.45) is 0 Å². The van der Waals surface area contributed by atoms with Crippen molar-refractivity contribution in [1.29, 1.82) is 0 Å². The van der Waals surface area contributed by atoms with E-state index in [1.54, 1.807) is 6.20 Å². The van der Waals surface area contributed by atoms with Crippen LogP contribution in [0.1, 0.15) is 54.2 Å². The van der Waals surface area contributed by atoms with Gasteiger partial charge in [-0.2, -0.15) is 0 Å². The van der Waals surface area contributed by atoms with E-state index in [1.807, 2.05) is 35.7 Å². The van der Waals surface area contributed by atoms with E-state index in [2.05, 4.69) is 20.3 Å². The highest BCUT2D eigenvalue weighted by Gasteiger charge is 2.26. The Kier molecular flexibility index (Phi) is 7.83. The maximum Gasteiger partial charge on any atom is 0.277 e. The number of halogens is 2. The molecule has 0 saturated heterocycles. The molecule has 1 fully saturated rings. The number of imidazole rings is 1. The molecule has 0 bridgehead atoms. The Balaban J connectivity index is 0.00000131. The van der Waals surface area contributed by atoms with Gasteiger partial charge in [-0.05, 0) is 12.8 Å². The minimum absolute atomic E-state index is 0. The number of aromatic amines is 1. The fourth-order valence-corrected chi connectivity index (χ4v) is 3.94.